The van der Waals surface area contributed by atoms with E-state index in [2.05, 4.69) is 15.5 Å². The number of nitrogens with zero attached hydrogens (tertiary/aromatic N) is 2. The van der Waals surface area contributed by atoms with E-state index in [1.54, 1.807) is 24.3 Å². The quantitative estimate of drug-likeness (QED) is 0.741. The molecule has 1 aromatic rings. The number of nitrogens with one attached hydrogen (secondary N) is 2. The molecule has 0 radical (unpaired) electrons. The van der Waals surface area contributed by atoms with Crippen LogP contribution >= 0.6 is 0 Å². The number of anilines is 1. The molecule has 2 amide bonds. The Morgan fingerprint density at radius 3 is 2.65 bits per heavy atom. The number of rotatable bonds is 7. The van der Waals surface area contributed by atoms with Crippen molar-refractivity contribution in [1.82, 2.24) is 10.2 Å². The van der Waals surface area contributed by atoms with Crippen molar-refractivity contribution in [2.45, 2.75) is 12.8 Å². The van der Waals surface area contributed by atoms with E-state index in [-0.39, 0.29) is 23.7 Å². The number of amides is 2. The van der Waals surface area contributed by atoms with Gasteiger partial charge in [-0.2, -0.15) is 5.26 Å². The van der Waals surface area contributed by atoms with Crippen LogP contribution in [0.3, 0.4) is 0 Å². The fraction of sp³-hybridized carbons (Fsp3) is 0.471. The van der Waals surface area contributed by atoms with Crippen LogP contribution in [0.25, 0.3) is 0 Å². The molecule has 1 aromatic carbocycles. The van der Waals surface area contributed by atoms with Gasteiger partial charge >= 0.3 is 0 Å². The summed E-state index contributed by atoms with van der Waals surface area (Å²) in [6.45, 7) is 1.54. The van der Waals surface area contributed by atoms with Gasteiger partial charge in [0.25, 0.3) is 0 Å². The van der Waals surface area contributed by atoms with Gasteiger partial charge in [-0.1, -0.05) is 12.1 Å². The topological polar surface area (TPSA) is 85.2 Å². The summed E-state index contributed by atoms with van der Waals surface area (Å²) >= 11 is 0. The third-order valence-electron chi connectivity index (χ3n) is 3.85. The van der Waals surface area contributed by atoms with Crippen LogP contribution in [0.2, 0.25) is 0 Å². The summed E-state index contributed by atoms with van der Waals surface area (Å²) in [5.74, 6) is -0.794. The second-order valence-corrected chi connectivity index (χ2v) is 6.04. The minimum Gasteiger partial charge on any atom is -0.356 e. The Morgan fingerprint density at radius 2 is 1.96 bits per heavy atom. The molecule has 2 atom stereocenters. The molecule has 1 fully saturated rings. The van der Waals surface area contributed by atoms with Crippen LogP contribution in [0.4, 0.5) is 5.69 Å². The third-order valence-corrected chi connectivity index (χ3v) is 3.85. The number of nitriles is 1. The van der Waals surface area contributed by atoms with Crippen LogP contribution in [0.15, 0.2) is 24.3 Å². The van der Waals surface area contributed by atoms with Gasteiger partial charge in [-0.3, -0.25) is 9.59 Å². The summed E-state index contributed by atoms with van der Waals surface area (Å²) < 4.78 is 0. The maximum atomic E-state index is 12.2. The number of hydrogen-bond donors (Lipinski definition) is 2. The van der Waals surface area contributed by atoms with Crippen LogP contribution < -0.4 is 10.6 Å². The van der Waals surface area contributed by atoms with Gasteiger partial charge in [-0.25, -0.2) is 0 Å². The molecule has 0 saturated heterocycles. The molecule has 0 bridgehead atoms. The first-order chi connectivity index (χ1) is 11.0. The Labute approximate surface area is 136 Å². The second kappa shape index (κ2) is 7.75. The summed E-state index contributed by atoms with van der Waals surface area (Å²) in [5, 5.41) is 14.6. The molecular weight excluding hydrogens is 292 g/mol. The van der Waals surface area contributed by atoms with E-state index in [9.17, 15) is 9.59 Å². The first kappa shape index (κ1) is 17.0. The summed E-state index contributed by atoms with van der Waals surface area (Å²) in [5.41, 5.74) is 0.920. The molecule has 1 aliphatic carbocycles. The standard InChI is InChI=1S/C17H22N4O2/c1-21(2)9-5-8-19-16(22)13-10-14(13)17(23)20-15-7-4-3-6-12(15)11-18/h3-4,6-7,13-14H,5,8-10H2,1-2H3,(H,19,22)(H,20,23). The molecular formula is C17H22N4O2. The van der Waals surface area contributed by atoms with Crippen LogP contribution in [-0.4, -0.2) is 43.9 Å². The van der Waals surface area contributed by atoms with Crippen molar-refractivity contribution in [2.24, 2.45) is 11.8 Å². The van der Waals surface area contributed by atoms with Crippen molar-refractivity contribution in [3.8, 4) is 6.07 Å². The maximum Gasteiger partial charge on any atom is 0.228 e. The lowest BCUT2D eigenvalue weighted by atomic mass is 10.2. The lowest BCUT2D eigenvalue weighted by molar-refractivity contribution is -0.125. The Bertz CT molecular complexity index is 621. The second-order valence-electron chi connectivity index (χ2n) is 6.04. The molecule has 1 saturated carbocycles. The number of carbonyl (C=O) groups excluding carboxylic acids is 2. The van der Waals surface area contributed by atoms with E-state index in [4.69, 9.17) is 5.26 Å². The molecule has 0 aliphatic heterocycles. The highest BCUT2D eigenvalue weighted by molar-refractivity contribution is 6.00. The number of benzene rings is 1. The van der Waals surface area contributed by atoms with Gasteiger partial charge < -0.3 is 15.5 Å². The van der Waals surface area contributed by atoms with E-state index in [1.807, 2.05) is 20.2 Å². The molecule has 0 heterocycles. The summed E-state index contributed by atoms with van der Waals surface area (Å²) in [6.07, 6.45) is 1.46. The Kier molecular flexibility index (Phi) is 5.72. The van der Waals surface area contributed by atoms with E-state index in [0.29, 0.717) is 24.2 Å². The fourth-order valence-electron chi connectivity index (χ4n) is 2.43. The Balaban J connectivity index is 1.78. The predicted molar refractivity (Wildman–Crippen MR) is 87.6 cm³/mol. The molecule has 2 unspecified atom stereocenters. The number of para-hydroxylation sites is 1. The molecule has 6 heteroatoms. The smallest absolute Gasteiger partial charge is 0.228 e. The van der Waals surface area contributed by atoms with Crippen LogP contribution in [0.1, 0.15) is 18.4 Å². The largest absolute Gasteiger partial charge is 0.356 e. The molecule has 0 aromatic heterocycles. The normalized spacial score (nSPS) is 19.0. The zero-order chi connectivity index (χ0) is 16.8. The van der Waals surface area contributed by atoms with Gasteiger partial charge in [0.05, 0.1) is 23.1 Å². The lowest BCUT2D eigenvalue weighted by Gasteiger charge is -2.10. The van der Waals surface area contributed by atoms with Gasteiger partial charge in [0.1, 0.15) is 6.07 Å². The van der Waals surface area contributed by atoms with Crippen molar-refractivity contribution in [1.29, 1.82) is 5.26 Å². The highest BCUT2D eigenvalue weighted by atomic mass is 16.2. The van der Waals surface area contributed by atoms with Crippen molar-refractivity contribution in [3.63, 3.8) is 0 Å². The highest BCUT2D eigenvalue weighted by Gasteiger charge is 2.47. The van der Waals surface area contributed by atoms with E-state index in [1.165, 1.54) is 0 Å². The summed E-state index contributed by atoms with van der Waals surface area (Å²) in [6, 6.07) is 8.89. The molecule has 0 spiro atoms. The molecule has 2 rings (SSSR count). The number of carbonyl (C=O) groups is 2. The summed E-state index contributed by atoms with van der Waals surface area (Å²) in [7, 11) is 3.98. The highest BCUT2D eigenvalue weighted by Crippen LogP contribution is 2.39. The van der Waals surface area contributed by atoms with Gasteiger partial charge in [0.2, 0.25) is 11.8 Å². The summed E-state index contributed by atoms with van der Waals surface area (Å²) in [4.78, 5) is 26.2. The van der Waals surface area contributed by atoms with Crippen molar-refractivity contribution < 1.29 is 9.59 Å². The van der Waals surface area contributed by atoms with E-state index in [0.717, 1.165) is 13.0 Å². The monoisotopic (exact) mass is 314 g/mol. The molecule has 6 nitrogen and oxygen atoms in total. The molecule has 1 aliphatic rings. The predicted octanol–water partition coefficient (Wildman–Crippen LogP) is 1.20. The van der Waals surface area contributed by atoms with Gasteiger partial charge in [0.15, 0.2) is 0 Å². The minimum absolute atomic E-state index is 0.0579. The Morgan fingerprint density at radius 1 is 1.26 bits per heavy atom. The first-order valence-corrected chi connectivity index (χ1v) is 7.75. The average molecular weight is 314 g/mol. The van der Waals surface area contributed by atoms with Crippen molar-refractivity contribution in [2.75, 3.05) is 32.5 Å². The van der Waals surface area contributed by atoms with Crippen LogP contribution in [-0.2, 0) is 9.59 Å². The molecule has 2 N–H and O–H groups in total. The molecule has 122 valence electrons. The lowest BCUT2D eigenvalue weighted by Crippen LogP contribution is -2.30. The van der Waals surface area contributed by atoms with Gasteiger partial charge in [-0.05, 0) is 45.6 Å². The van der Waals surface area contributed by atoms with E-state index < -0.39 is 0 Å². The zero-order valence-electron chi connectivity index (χ0n) is 13.5. The van der Waals surface area contributed by atoms with Gasteiger partial charge in [0, 0.05) is 6.54 Å². The number of hydrogen-bond acceptors (Lipinski definition) is 4. The minimum atomic E-state index is -0.296. The third kappa shape index (κ3) is 4.80. The van der Waals surface area contributed by atoms with Crippen LogP contribution in [0, 0.1) is 23.2 Å². The maximum absolute atomic E-state index is 12.2. The zero-order valence-corrected chi connectivity index (χ0v) is 13.5. The average Bonchev–Trinajstić information content (AvgIpc) is 3.32. The molecule has 23 heavy (non-hydrogen) atoms. The fourth-order valence-corrected chi connectivity index (χ4v) is 2.43. The SMILES string of the molecule is CN(C)CCCNC(=O)C1CC1C(=O)Nc1ccccc1C#N. The first-order valence-electron chi connectivity index (χ1n) is 7.75. The van der Waals surface area contributed by atoms with Gasteiger partial charge in [-0.15, -0.1) is 0 Å². The van der Waals surface area contributed by atoms with Crippen LogP contribution in [0.5, 0.6) is 0 Å². The van der Waals surface area contributed by atoms with E-state index >= 15 is 0 Å². The van der Waals surface area contributed by atoms with Crippen molar-refractivity contribution >= 4 is 17.5 Å². The van der Waals surface area contributed by atoms with Crippen molar-refractivity contribution in [3.05, 3.63) is 29.8 Å². The Hall–Kier alpha value is -2.39.